The van der Waals surface area contributed by atoms with E-state index in [1.807, 2.05) is 39.8 Å². The average molecular weight is 333 g/mol. The molecule has 134 valence electrons. The van der Waals surface area contributed by atoms with Crippen molar-refractivity contribution in [1.82, 2.24) is 10.2 Å². The Bertz CT molecular complexity index is 573. The first-order chi connectivity index (χ1) is 11.1. The van der Waals surface area contributed by atoms with Crippen molar-refractivity contribution in [1.29, 1.82) is 0 Å². The van der Waals surface area contributed by atoms with Crippen LogP contribution in [0.4, 0.5) is 5.69 Å². The summed E-state index contributed by atoms with van der Waals surface area (Å²) in [4.78, 5) is 25.9. The molecule has 0 saturated heterocycles. The van der Waals surface area contributed by atoms with Crippen molar-refractivity contribution in [3.05, 3.63) is 28.8 Å². The van der Waals surface area contributed by atoms with Crippen molar-refractivity contribution in [3.8, 4) is 0 Å². The van der Waals surface area contributed by atoms with E-state index in [1.54, 1.807) is 11.9 Å². The molecule has 1 aromatic rings. The summed E-state index contributed by atoms with van der Waals surface area (Å²) in [5, 5.41) is 5.90. The molecule has 0 fully saturated rings. The van der Waals surface area contributed by atoms with Crippen LogP contribution in [0.5, 0.6) is 0 Å². The third-order valence-electron chi connectivity index (χ3n) is 4.16. The molecule has 0 aliphatic heterocycles. The monoisotopic (exact) mass is 333 g/mol. The molecule has 0 aliphatic rings. The zero-order valence-corrected chi connectivity index (χ0v) is 16.0. The van der Waals surface area contributed by atoms with E-state index in [1.165, 1.54) is 5.56 Å². The van der Waals surface area contributed by atoms with Crippen LogP contribution >= 0.6 is 0 Å². The zero-order chi connectivity index (χ0) is 18.4. The summed E-state index contributed by atoms with van der Waals surface area (Å²) >= 11 is 0. The minimum atomic E-state index is -0.114. The van der Waals surface area contributed by atoms with Crippen LogP contribution in [-0.4, -0.2) is 42.9 Å². The lowest BCUT2D eigenvalue weighted by atomic mass is 10.1. The second kappa shape index (κ2) is 8.83. The van der Waals surface area contributed by atoms with E-state index >= 15 is 0 Å². The first-order valence-electron chi connectivity index (χ1n) is 8.45. The molecular weight excluding hydrogens is 302 g/mol. The molecule has 0 spiro atoms. The van der Waals surface area contributed by atoms with Crippen molar-refractivity contribution < 1.29 is 9.59 Å². The van der Waals surface area contributed by atoms with Crippen LogP contribution in [0.2, 0.25) is 0 Å². The molecule has 5 heteroatoms. The van der Waals surface area contributed by atoms with Gasteiger partial charge in [0.25, 0.3) is 0 Å². The molecule has 0 radical (unpaired) electrons. The average Bonchev–Trinajstić information content (AvgIpc) is 2.42. The van der Waals surface area contributed by atoms with Gasteiger partial charge in [0.05, 0.1) is 13.1 Å². The minimum absolute atomic E-state index is 0.0609. The lowest BCUT2D eigenvalue weighted by Gasteiger charge is -2.21. The Kier molecular flexibility index (Phi) is 7.42. The second-order valence-corrected chi connectivity index (χ2v) is 7.09. The normalized spacial score (nSPS) is 12.4. The van der Waals surface area contributed by atoms with E-state index in [0.717, 1.165) is 16.8 Å². The van der Waals surface area contributed by atoms with Gasteiger partial charge in [0.1, 0.15) is 0 Å². The van der Waals surface area contributed by atoms with Crippen molar-refractivity contribution in [2.24, 2.45) is 5.92 Å². The van der Waals surface area contributed by atoms with Gasteiger partial charge in [-0.25, -0.2) is 0 Å². The molecule has 0 unspecified atom stereocenters. The van der Waals surface area contributed by atoms with Gasteiger partial charge in [-0.05, 0) is 51.8 Å². The molecule has 5 nitrogen and oxygen atoms in total. The number of aryl methyl sites for hydroxylation is 3. The number of carbonyl (C=O) groups excluding carboxylic acids is 2. The van der Waals surface area contributed by atoms with E-state index in [9.17, 15) is 9.59 Å². The number of nitrogens with zero attached hydrogens (tertiary/aromatic N) is 1. The fourth-order valence-corrected chi connectivity index (χ4v) is 2.57. The van der Waals surface area contributed by atoms with Gasteiger partial charge in [-0.1, -0.05) is 31.5 Å². The third kappa shape index (κ3) is 6.32. The number of likely N-dealkylation sites (N-methyl/N-ethyl adjacent to an activating group) is 1. The van der Waals surface area contributed by atoms with Crippen molar-refractivity contribution in [2.45, 2.75) is 47.6 Å². The van der Waals surface area contributed by atoms with E-state index in [2.05, 4.69) is 24.5 Å². The number of hydrogen-bond donors (Lipinski definition) is 2. The summed E-state index contributed by atoms with van der Waals surface area (Å²) in [5.74, 6) is 0.210. The molecule has 24 heavy (non-hydrogen) atoms. The molecule has 0 aliphatic carbocycles. The predicted molar refractivity (Wildman–Crippen MR) is 99.2 cm³/mol. The van der Waals surface area contributed by atoms with Gasteiger partial charge in [0.15, 0.2) is 0 Å². The van der Waals surface area contributed by atoms with E-state index in [-0.39, 0.29) is 30.9 Å². The van der Waals surface area contributed by atoms with Crippen LogP contribution in [0, 0.1) is 26.7 Å². The molecule has 0 saturated carbocycles. The molecule has 1 atom stereocenters. The Morgan fingerprint density at radius 1 is 1.00 bits per heavy atom. The van der Waals surface area contributed by atoms with Crippen LogP contribution in [0.3, 0.4) is 0 Å². The third-order valence-corrected chi connectivity index (χ3v) is 4.16. The summed E-state index contributed by atoms with van der Waals surface area (Å²) in [7, 11) is 1.77. The molecular formula is C19H31N3O2. The fourth-order valence-electron chi connectivity index (χ4n) is 2.57. The topological polar surface area (TPSA) is 61.4 Å². The molecule has 1 aromatic carbocycles. The van der Waals surface area contributed by atoms with Crippen molar-refractivity contribution >= 4 is 17.5 Å². The maximum atomic E-state index is 12.2. The first kappa shape index (κ1) is 20.2. The predicted octanol–water partition coefficient (Wildman–Crippen LogP) is 2.64. The fraction of sp³-hybridized carbons (Fsp3) is 0.579. The number of anilines is 1. The number of amides is 2. The summed E-state index contributed by atoms with van der Waals surface area (Å²) < 4.78 is 0. The summed E-state index contributed by atoms with van der Waals surface area (Å²) in [6.07, 6.45) is 0. The Morgan fingerprint density at radius 3 is 2.00 bits per heavy atom. The number of rotatable bonds is 7. The zero-order valence-electron chi connectivity index (χ0n) is 16.0. The highest BCUT2D eigenvalue weighted by molar-refractivity contribution is 5.94. The van der Waals surface area contributed by atoms with Gasteiger partial charge in [-0.3, -0.25) is 14.5 Å². The summed E-state index contributed by atoms with van der Waals surface area (Å²) in [5.41, 5.74) is 4.13. The molecule has 2 N–H and O–H groups in total. The highest BCUT2D eigenvalue weighted by Crippen LogP contribution is 2.21. The van der Waals surface area contributed by atoms with E-state index in [0.29, 0.717) is 5.92 Å². The van der Waals surface area contributed by atoms with Gasteiger partial charge in [-0.2, -0.15) is 0 Å². The quantitative estimate of drug-likeness (QED) is 0.806. The minimum Gasteiger partial charge on any atom is -0.352 e. The van der Waals surface area contributed by atoms with Crippen molar-refractivity contribution in [3.63, 3.8) is 0 Å². The van der Waals surface area contributed by atoms with Crippen LogP contribution in [-0.2, 0) is 9.59 Å². The SMILES string of the molecule is Cc1cc(C)c(NC(=O)CN(C)CC(=O)N[C@@H](C)C(C)C)c(C)c1. The Morgan fingerprint density at radius 2 is 1.50 bits per heavy atom. The second-order valence-electron chi connectivity index (χ2n) is 7.09. The first-order valence-corrected chi connectivity index (χ1v) is 8.45. The van der Waals surface area contributed by atoms with Gasteiger partial charge >= 0.3 is 0 Å². The standard InChI is InChI=1S/C19H31N3O2/c1-12(2)16(6)20-17(23)10-22(7)11-18(24)21-19-14(4)8-13(3)9-15(19)5/h8-9,12,16H,10-11H2,1-7H3,(H,20,23)(H,21,24)/t16-/m0/s1. The number of carbonyl (C=O) groups is 2. The lowest BCUT2D eigenvalue weighted by Crippen LogP contribution is -2.43. The maximum absolute atomic E-state index is 12.2. The molecule has 0 heterocycles. The Hall–Kier alpha value is -1.88. The molecule has 1 rings (SSSR count). The number of benzene rings is 1. The highest BCUT2D eigenvalue weighted by Gasteiger charge is 2.15. The van der Waals surface area contributed by atoms with E-state index in [4.69, 9.17) is 0 Å². The molecule has 0 aromatic heterocycles. The van der Waals surface area contributed by atoms with Crippen LogP contribution < -0.4 is 10.6 Å². The van der Waals surface area contributed by atoms with Crippen LogP contribution in [0.25, 0.3) is 0 Å². The maximum Gasteiger partial charge on any atom is 0.238 e. The smallest absolute Gasteiger partial charge is 0.238 e. The van der Waals surface area contributed by atoms with Crippen LogP contribution in [0.1, 0.15) is 37.5 Å². The van der Waals surface area contributed by atoms with Gasteiger partial charge in [0.2, 0.25) is 11.8 Å². The Balaban J connectivity index is 2.55. The van der Waals surface area contributed by atoms with E-state index < -0.39 is 0 Å². The Labute approximate surface area is 145 Å². The highest BCUT2D eigenvalue weighted by atomic mass is 16.2. The van der Waals surface area contributed by atoms with Gasteiger partial charge in [0, 0.05) is 11.7 Å². The largest absolute Gasteiger partial charge is 0.352 e. The number of hydrogen-bond acceptors (Lipinski definition) is 3. The van der Waals surface area contributed by atoms with Crippen LogP contribution in [0.15, 0.2) is 12.1 Å². The summed E-state index contributed by atoms with van der Waals surface area (Å²) in [6, 6.07) is 4.22. The van der Waals surface area contributed by atoms with Gasteiger partial charge in [-0.15, -0.1) is 0 Å². The summed E-state index contributed by atoms with van der Waals surface area (Å²) in [6.45, 7) is 12.5. The lowest BCUT2D eigenvalue weighted by molar-refractivity contribution is -0.123. The van der Waals surface area contributed by atoms with Crippen molar-refractivity contribution in [2.75, 3.05) is 25.5 Å². The molecule has 0 bridgehead atoms. The van der Waals surface area contributed by atoms with Gasteiger partial charge < -0.3 is 10.6 Å². The molecule has 2 amide bonds. The number of nitrogens with one attached hydrogen (secondary N) is 2.